The topological polar surface area (TPSA) is 61.2 Å². The van der Waals surface area contributed by atoms with Crippen molar-refractivity contribution >= 4 is 11.6 Å². The maximum atomic E-state index is 13.3. The summed E-state index contributed by atoms with van der Waals surface area (Å²) >= 11 is 0. The lowest BCUT2D eigenvalue weighted by Crippen LogP contribution is -2.21. The molecule has 1 aromatic heterocycles. The molecule has 0 saturated carbocycles. The van der Waals surface area contributed by atoms with E-state index in [0.717, 1.165) is 0 Å². The third-order valence-corrected chi connectivity index (χ3v) is 4.32. The van der Waals surface area contributed by atoms with Gasteiger partial charge >= 0.3 is 6.61 Å². The number of nitrogens with one attached hydrogen (secondary N) is 1. The van der Waals surface area contributed by atoms with Crippen molar-refractivity contribution < 1.29 is 22.6 Å². The molecular weight excluding hydrogens is 373 g/mol. The van der Waals surface area contributed by atoms with Crippen molar-refractivity contribution in [3.63, 3.8) is 0 Å². The van der Waals surface area contributed by atoms with Gasteiger partial charge in [0.05, 0.1) is 7.11 Å². The molecule has 0 fully saturated rings. The first kappa shape index (κ1) is 17.9. The number of halogens is 3. The second-order valence-corrected chi connectivity index (χ2v) is 5.94. The van der Waals surface area contributed by atoms with Gasteiger partial charge in [-0.15, -0.1) is 0 Å². The normalized spacial score (nSPS) is 15.6. The second kappa shape index (κ2) is 7.26. The monoisotopic (exact) mass is 388 g/mol. The second-order valence-electron chi connectivity index (χ2n) is 5.94. The first-order chi connectivity index (χ1) is 13.6. The zero-order valence-electron chi connectivity index (χ0n) is 14.6. The molecule has 1 aliphatic rings. The molecule has 0 spiro atoms. The molecule has 2 aromatic carbocycles. The summed E-state index contributed by atoms with van der Waals surface area (Å²) < 4.78 is 50.8. The highest BCUT2D eigenvalue weighted by Gasteiger charge is 2.28. The molecule has 0 amide bonds. The Bertz CT molecular complexity index is 1020. The van der Waals surface area contributed by atoms with Crippen molar-refractivity contribution in [2.75, 3.05) is 12.4 Å². The lowest BCUT2D eigenvalue weighted by Gasteiger charge is -2.26. The molecule has 0 radical (unpaired) electrons. The average molecular weight is 388 g/mol. The zero-order valence-corrected chi connectivity index (χ0v) is 14.6. The van der Waals surface area contributed by atoms with E-state index in [1.165, 1.54) is 31.6 Å². The van der Waals surface area contributed by atoms with Crippen LogP contribution in [0, 0.1) is 5.82 Å². The predicted molar refractivity (Wildman–Crippen MR) is 95.8 cm³/mol. The predicted octanol–water partition coefficient (Wildman–Crippen LogP) is 4.08. The minimum absolute atomic E-state index is 0.0805. The number of benzene rings is 2. The summed E-state index contributed by atoms with van der Waals surface area (Å²) in [7, 11) is 1.38. The quantitative estimate of drug-likeness (QED) is 0.714. The number of para-hydroxylation sites is 1. The molecule has 1 unspecified atom stereocenters. The summed E-state index contributed by atoms with van der Waals surface area (Å²) in [5, 5.41) is 7.30. The van der Waals surface area contributed by atoms with E-state index in [9.17, 15) is 13.2 Å². The molecule has 9 heteroatoms. The van der Waals surface area contributed by atoms with Crippen molar-refractivity contribution in [1.29, 1.82) is 0 Å². The van der Waals surface area contributed by atoms with Crippen LogP contribution in [0.3, 0.4) is 0 Å². The number of hydrogen-bond donors (Lipinski definition) is 1. The van der Waals surface area contributed by atoms with Crippen LogP contribution in [-0.2, 0) is 0 Å². The van der Waals surface area contributed by atoms with E-state index in [-0.39, 0.29) is 17.3 Å². The molecule has 0 saturated heterocycles. The van der Waals surface area contributed by atoms with E-state index >= 15 is 0 Å². The molecule has 28 heavy (non-hydrogen) atoms. The van der Waals surface area contributed by atoms with Crippen LogP contribution >= 0.6 is 0 Å². The van der Waals surface area contributed by atoms with Crippen molar-refractivity contribution in [2.24, 2.45) is 0 Å². The molecule has 2 heterocycles. The first-order valence-corrected chi connectivity index (χ1v) is 8.33. The van der Waals surface area contributed by atoms with Crippen molar-refractivity contribution in [3.05, 3.63) is 71.8 Å². The highest BCUT2D eigenvalue weighted by molar-refractivity contribution is 5.77. The highest BCUT2D eigenvalue weighted by atomic mass is 19.3. The summed E-state index contributed by atoms with van der Waals surface area (Å²) in [6.07, 6.45) is 3.13. The van der Waals surface area contributed by atoms with Crippen molar-refractivity contribution in [3.8, 4) is 11.5 Å². The van der Waals surface area contributed by atoms with E-state index in [1.54, 1.807) is 35.0 Å². The van der Waals surface area contributed by atoms with Crippen LogP contribution in [0.15, 0.2) is 54.9 Å². The van der Waals surface area contributed by atoms with E-state index in [4.69, 9.17) is 9.47 Å². The minimum Gasteiger partial charge on any atom is -0.493 e. The van der Waals surface area contributed by atoms with Crippen molar-refractivity contribution in [2.45, 2.75) is 12.7 Å². The lowest BCUT2D eigenvalue weighted by molar-refractivity contribution is -0.0520. The number of ether oxygens (including phenoxy) is 2. The van der Waals surface area contributed by atoms with Crippen LogP contribution in [0.2, 0.25) is 0 Å². The molecule has 1 atom stereocenters. The molecule has 1 aliphatic heterocycles. The fourth-order valence-electron chi connectivity index (χ4n) is 3.09. The molecule has 4 rings (SSSR count). The molecular formula is C19H15F3N4O2. The SMILES string of the molecule is COc1cccc(C2C=C(c3ccc(F)cc3)Nc3ncnn32)c1OC(F)F. The maximum Gasteiger partial charge on any atom is 0.387 e. The Balaban J connectivity index is 1.85. The molecule has 0 bridgehead atoms. The number of anilines is 1. The highest BCUT2D eigenvalue weighted by Crippen LogP contribution is 2.41. The van der Waals surface area contributed by atoms with Gasteiger partial charge in [0.1, 0.15) is 18.2 Å². The Labute approximate surface area is 158 Å². The van der Waals surface area contributed by atoms with Crippen LogP contribution in [-0.4, -0.2) is 28.5 Å². The zero-order chi connectivity index (χ0) is 19.7. The van der Waals surface area contributed by atoms with Gasteiger partial charge in [-0.3, -0.25) is 0 Å². The number of allylic oxidation sites excluding steroid dienone is 1. The van der Waals surface area contributed by atoms with E-state index in [2.05, 4.69) is 15.4 Å². The summed E-state index contributed by atoms with van der Waals surface area (Å²) in [6.45, 7) is -3.02. The number of alkyl halides is 2. The van der Waals surface area contributed by atoms with E-state index in [0.29, 0.717) is 22.8 Å². The third-order valence-electron chi connectivity index (χ3n) is 4.32. The van der Waals surface area contributed by atoms with Gasteiger partial charge in [-0.1, -0.05) is 12.1 Å². The van der Waals surface area contributed by atoms with Gasteiger partial charge in [-0.2, -0.15) is 18.9 Å². The van der Waals surface area contributed by atoms with Gasteiger partial charge < -0.3 is 14.8 Å². The van der Waals surface area contributed by atoms with Gasteiger partial charge in [0.25, 0.3) is 0 Å². The van der Waals surface area contributed by atoms with Gasteiger partial charge in [-0.05, 0) is 42.0 Å². The Hall–Kier alpha value is -3.49. The summed E-state index contributed by atoms with van der Waals surface area (Å²) in [5.74, 6) is 0.149. The fraction of sp³-hybridized carbons (Fsp3) is 0.158. The molecule has 144 valence electrons. The number of methoxy groups -OCH3 is 1. The van der Waals surface area contributed by atoms with Gasteiger partial charge in [0, 0.05) is 11.3 Å². The van der Waals surface area contributed by atoms with E-state index < -0.39 is 12.7 Å². The van der Waals surface area contributed by atoms with Crippen molar-refractivity contribution in [1.82, 2.24) is 14.8 Å². The largest absolute Gasteiger partial charge is 0.493 e. The van der Waals surface area contributed by atoms with Crippen LogP contribution in [0.5, 0.6) is 11.5 Å². The molecule has 6 nitrogen and oxygen atoms in total. The number of nitrogens with zero attached hydrogens (tertiary/aromatic N) is 3. The van der Waals surface area contributed by atoms with E-state index in [1.807, 2.05) is 0 Å². The first-order valence-electron chi connectivity index (χ1n) is 8.33. The number of aromatic nitrogens is 3. The standard InChI is InChI=1S/C19H15F3N4O2/c1-27-16-4-2-3-13(17(16)28-18(21)22)15-9-14(11-5-7-12(20)8-6-11)25-19-23-10-24-26(15)19/h2-10,15,18H,1H3,(H,23,24,25). The van der Waals surface area contributed by atoms with Crippen LogP contribution in [0.1, 0.15) is 17.2 Å². The van der Waals surface area contributed by atoms with Crippen LogP contribution in [0.4, 0.5) is 19.1 Å². The smallest absolute Gasteiger partial charge is 0.387 e. The van der Waals surface area contributed by atoms with Gasteiger partial charge in [-0.25, -0.2) is 9.07 Å². The van der Waals surface area contributed by atoms with Crippen LogP contribution in [0.25, 0.3) is 5.70 Å². The Kier molecular flexibility index (Phi) is 4.64. The summed E-state index contributed by atoms with van der Waals surface area (Å²) in [4.78, 5) is 4.16. The Morgan fingerprint density at radius 3 is 2.64 bits per heavy atom. The van der Waals surface area contributed by atoms with Gasteiger partial charge in [0.2, 0.25) is 5.95 Å². The van der Waals surface area contributed by atoms with Gasteiger partial charge in [0.15, 0.2) is 11.5 Å². The van der Waals surface area contributed by atoms with Crippen LogP contribution < -0.4 is 14.8 Å². The minimum atomic E-state index is -3.02. The summed E-state index contributed by atoms with van der Waals surface area (Å²) in [5.41, 5.74) is 1.77. The number of rotatable bonds is 5. The third kappa shape index (κ3) is 3.26. The average Bonchev–Trinajstić information content (AvgIpc) is 3.16. The number of hydrogen-bond acceptors (Lipinski definition) is 5. The lowest BCUT2D eigenvalue weighted by atomic mass is 10.0. The fourth-order valence-corrected chi connectivity index (χ4v) is 3.09. The Morgan fingerprint density at radius 2 is 1.93 bits per heavy atom. The Morgan fingerprint density at radius 1 is 1.14 bits per heavy atom. The number of fused-ring (bicyclic) bond motifs is 1. The summed E-state index contributed by atoms with van der Waals surface area (Å²) in [6, 6.07) is 10.2. The molecule has 0 aliphatic carbocycles. The molecule has 1 N–H and O–H groups in total. The molecule has 3 aromatic rings. The maximum absolute atomic E-state index is 13.3.